The minimum atomic E-state index is -5.52. The molecule has 5 N–H and O–H groups in total. The van der Waals surface area contributed by atoms with E-state index in [9.17, 15) is 33.8 Å². The molecule has 1 aromatic rings. The van der Waals surface area contributed by atoms with E-state index in [-0.39, 0.29) is 0 Å². The smallest absolute Gasteiger partial charge is 0.364 e. The predicted octanol–water partition coefficient (Wildman–Crippen LogP) is 0.187. The fraction of sp³-hybridized carbons (Fsp3) is 0.500. The van der Waals surface area contributed by atoms with Crippen molar-refractivity contribution in [2.45, 2.75) is 31.4 Å². The first-order valence-corrected chi connectivity index (χ1v) is 8.79. The third-order valence-electron chi connectivity index (χ3n) is 2.77. The van der Waals surface area contributed by atoms with Gasteiger partial charge in [0.1, 0.15) is 0 Å². The molecule has 0 bridgehead atoms. The van der Waals surface area contributed by atoms with Gasteiger partial charge in [-0.1, -0.05) is 0 Å². The predicted molar refractivity (Wildman–Crippen MR) is 69.6 cm³/mol. The van der Waals surface area contributed by atoms with Gasteiger partial charge in [-0.2, -0.15) is 0 Å². The van der Waals surface area contributed by atoms with E-state index >= 15 is 0 Å². The van der Waals surface area contributed by atoms with Gasteiger partial charge in [-0.25, -0.2) is 4.57 Å². The number of pyridine rings is 1. The topological polar surface area (TPSA) is 139 Å². The lowest BCUT2D eigenvalue weighted by molar-refractivity contribution is -0.754. The van der Waals surface area contributed by atoms with E-state index in [4.69, 9.17) is 0 Å². The summed E-state index contributed by atoms with van der Waals surface area (Å²) in [5, 5.41) is 6.45. The van der Waals surface area contributed by atoms with Crippen molar-refractivity contribution in [3.63, 3.8) is 0 Å². The molecule has 10 heteroatoms. The number of nitrogens with zero attached hydrogens (tertiary/aromatic N) is 1. The third kappa shape index (κ3) is 3.02. The van der Waals surface area contributed by atoms with E-state index in [2.05, 4.69) is 0 Å². The van der Waals surface area contributed by atoms with Crippen LogP contribution in [-0.4, -0.2) is 24.7 Å². The number of hydrogen-bond donors (Lipinski definition) is 5. The highest BCUT2D eigenvalue weighted by Crippen LogP contribution is 2.72. The first-order chi connectivity index (χ1) is 8.71. The molecule has 1 aromatic heterocycles. The summed E-state index contributed by atoms with van der Waals surface area (Å²) >= 11 is 0. The molecule has 20 heavy (non-hydrogen) atoms. The maximum Gasteiger partial charge on any atom is 0.374 e. The molecule has 0 spiro atoms. The van der Waals surface area contributed by atoms with Gasteiger partial charge in [0.2, 0.25) is 0 Å². The van der Waals surface area contributed by atoms with Crippen LogP contribution in [0.3, 0.4) is 0 Å². The van der Waals surface area contributed by atoms with Crippen molar-refractivity contribution in [3.8, 4) is 0 Å². The molecule has 0 fully saturated rings. The molecule has 0 saturated carbocycles. The first kappa shape index (κ1) is 17.5. The summed E-state index contributed by atoms with van der Waals surface area (Å²) in [6.07, 6.45) is 2.67. The van der Waals surface area contributed by atoms with Gasteiger partial charge < -0.3 is 24.7 Å². The lowest BCUT2D eigenvalue weighted by atomic mass is 10.1. The highest BCUT2D eigenvalue weighted by atomic mass is 31.2. The second-order valence-electron chi connectivity index (χ2n) is 5.39. The highest BCUT2D eigenvalue weighted by Gasteiger charge is 2.62. The highest BCUT2D eigenvalue weighted by molar-refractivity contribution is 7.71. The SMILES string of the molecule is CC(C)(C)[n+]1cccc(C(O)(P(=O)(O)O)P(=O)(O)O)c1. The van der Waals surface area contributed by atoms with Gasteiger partial charge in [-0.3, -0.25) is 9.13 Å². The monoisotopic (exact) mass is 326 g/mol. The van der Waals surface area contributed by atoms with E-state index in [1.165, 1.54) is 10.6 Å². The lowest BCUT2D eigenvalue weighted by Crippen LogP contribution is -2.50. The molecule has 1 heterocycles. The second kappa shape index (κ2) is 5.00. The Morgan fingerprint density at radius 3 is 1.85 bits per heavy atom. The van der Waals surface area contributed by atoms with Crippen LogP contribution in [0.2, 0.25) is 0 Å². The average molecular weight is 326 g/mol. The first-order valence-electron chi connectivity index (χ1n) is 5.57. The van der Waals surface area contributed by atoms with Crippen molar-refractivity contribution in [1.29, 1.82) is 0 Å². The van der Waals surface area contributed by atoms with Crippen molar-refractivity contribution in [3.05, 3.63) is 30.1 Å². The molecule has 0 atom stereocenters. The van der Waals surface area contributed by atoms with E-state index < -0.39 is 31.4 Å². The van der Waals surface area contributed by atoms with Crippen LogP contribution in [0.15, 0.2) is 24.5 Å². The average Bonchev–Trinajstić information content (AvgIpc) is 2.24. The van der Waals surface area contributed by atoms with Crippen molar-refractivity contribution in [2.75, 3.05) is 0 Å². The largest absolute Gasteiger partial charge is 0.374 e. The van der Waals surface area contributed by atoms with Crippen molar-refractivity contribution >= 4 is 15.2 Å². The van der Waals surface area contributed by atoms with Crippen LogP contribution in [0.1, 0.15) is 26.3 Å². The summed E-state index contributed by atoms with van der Waals surface area (Å²) in [5.74, 6) is 0. The number of hydrogen-bond acceptors (Lipinski definition) is 3. The van der Waals surface area contributed by atoms with Gasteiger partial charge in [0.25, 0.3) is 5.08 Å². The zero-order valence-electron chi connectivity index (χ0n) is 11.2. The van der Waals surface area contributed by atoms with Gasteiger partial charge in [0.05, 0.1) is 5.56 Å². The molecular formula is C10H18NO7P2+. The molecule has 0 unspecified atom stereocenters. The molecule has 0 aliphatic heterocycles. The zero-order chi connectivity index (χ0) is 16.0. The molecule has 0 saturated heterocycles. The molecule has 0 aromatic carbocycles. The summed E-state index contributed by atoms with van der Waals surface area (Å²) < 4.78 is 24.3. The Hall–Kier alpha value is -0.590. The minimum Gasteiger partial charge on any atom is -0.364 e. The van der Waals surface area contributed by atoms with Crippen LogP contribution in [0, 0.1) is 0 Å². The standard InChI is InChI=1S/C10H17NO7P2/c1-9(2,3)11-6-4-5-8(7-11)10(12,19(13,14)15)20(16,17)18/h4-7,12H,1-3H3,(H3-,13,14,15,16,17,18)/p+1. The summed E-state index contributed by atoms with van der Waals surface area (Å²) in [7, 11) is -11.0. The molecule has 8 nitrogen and oxygen atoms in total. The molecule has 0 radical (unpaired) electrons. The van der Waals surface area contributed by atoms with Crippen molar-refractivity contribution in [1.82, 2.24) is 0 Å². The Morgan fingerprint density at radius 2 is 1.50 bits per heavy atom. The number of rotatable bonds is 3. The Morgan fingerprint density at radius 1 is 1.05 bits per heavy atom. The van der Waals surface area contributed by atoms with Crippen LogP contribution >= 0.6 is 15.2 Å². The van der Waals surface area contributed by atoms with Crippen molar-refractivity contribution < 1.29 is 38.4 Å². The molecule has 0 aliphatic rings. The van der Waals surface area contributed by atoms with E-state index in [1.807, 2.05) is 0 Å². The Kier molecular flexibility index (Phi) is 4.36. The second-order valence-corrected chi connectivity index (χ2v) is 9.22. The number of aromatic nitrogens is 1. The summed E-state index contributed by atoms with van der Waals surface area (Å²) in [6.45, 7) is 5.35. The maximum absolute atomic E-state index is 11.4. The zero-order valence-corrected chi connectivity index (χ0v) is 13.0. The van der Waals surface area contributed by atoms with Gasteiger partial charge in [0.15, 0.2) is 17.9 Å². The van der Waals surface area contributed by atoms with Crippen LogP contribution in [0.5, 0.6) is 0 Å². The Balaban J connectivity index is 3.62. The van der Waals surface area contributed by atoms with Gasteiger partial charge in [-0.15, -0.1) is 0 Å². The van der Waals surface area contributed by atoms with Crippen LogP contribution in [0.4, 0.5) is 0 Å². The van der Waals surface area contributed by atoms with Crippen molar-refractivity contribution in [2.24, 2.45) is 0 Å². The van der Waals surface area contributed by atoms with E-state index in [1.54, 1.807) is 27.0 Å². The van der Waals surface area contributed by atoms with Gasteiger partial charge in [0, 0.05) is 26.8 Å². The Bertz CT molecular complexity index is 576. The third-order valence-corrected chi connectivity index (χ3v) is 6.48. The fourth-order valence-corrected chi connectivity index (χ4v) is 3.89. The van der Waals surface area contributed by atoms with Crippen LogP contribution in [0.25, 0.3) is 0 Å². The van der Waals surface area contributed by atoms with Crippen LogP contribution < -0.4 is 4.57 Å². The lowest BCUT2D eigenvalue weighted by Gasteiger charge is -2.29. The van der Waals surface area contributed by atoms with Crippen LogP contribution in [-0.2, 0) is 19.8 Å². The van der Waals surface area contributed by atoms with E-state index in [0.29, 0.717) is 0 Å². The molecule has 1 rings (SSSR count). The van der Waals surface area contributed by atoms with Gasteiger partial charge in [-0.05, 0) is 6.07 Å². The quantitative estimate of drug-likeness (QED) is 0.394. The summed E-state index contributed by atoms with van der Waals surface area (Å²) in [5.41, 5.74) is -1.04. The fourth-order valence-electron chi connectivity index (χ4n) is 1.60. The molecular weight excluding hydrogens is 308 g/mol. The van der Waals surface area contributed by atoms with Gasteiger partial charge >= 0.3 is 15.2 Å². The molecule has 0 amide bonds. The number of aliphatic hydroxyl groups is 1. The molecule has 114 valence electrons. The summed E-state index contributed by atoms with van der Waals surface area (Å²) in [4.78, 5) is 36.7. The maximum atomic E-state index is 11.4. The summed E-state index contributed by atoms with van der Waals surface area (Å²) in [6, 6.07) is 2.40. The van der Waals surface area contributed by atoms with E-state index in [0.717, 1.165) is 12.3 Å². The molecule has 0 aliphatic carbocycles. The minimum absolute atomic E-state index is 0.499. The Labute approximate surface area is 116 Å². The normalized spacial score (nSPS) is 14.4.